The zero-order valence-electron chi connectivity index (χ0n) is 11.3. The third-order valence-corrected chi connectivity index (χ3v) is 4.65. The van der Waals surface area contributed by atoms with Gasteiger partial charge in [-0.2, -0.15) is 0 Å². The first-order chi connectivity index (χ1) is 10.4. The fourth-order valence-corrected chi connectivity index (χ4v) is 3.04. The Labute approximate surface area is 130 Å². The topological polar surface area (TPSA) is 94.2 Å². The second-order valence-electron chi connectivity index (χ2n) is 4.53. The Balaban J connectivity index is 1.98. The Morgan fingerprint density at radius 1 is 1.27 bits per heavy atom. The van der Waals surface area contributed by atoms with E-state index in [9.17, 15) is 13.2 Å². The Bertz CT molecular complexity index is 1010. The molecule has 0 saturated carbocycles. The molecule has 0 bridgehead atoms. The van der Waals surface area contributed by atoms with Crippen LogP contribution in [0.5, 0.6) is 0 Å². The molecule has 7 nitrogen and oxygen atoms in total. The lowest BCUT2D eigenvalue weighted by Crippen LogP contribution is -2.13. The molecule has 0 radical (unpaired) electrons. The summed E-state index contributed by atoms with van der Waals surface area (Å²) in [6, 6.07) is 7.31. The number of halogens is 1. The van der Waals surface area contributed by atoms with E-state index in [2.05, 4.69) is 9.71 Å². The van der Waals surface area contributed by atoms with Gasteiger partial charge in [0.25, 0.3) is 10.0 Å². The highest BCUT2D eigenvalue weighted by molar-refractivity contribution is 7.92. The third-order valence-electron chi connectivity index (χ3n) is 3.06. The summed E-state index contributed by atoms with van der Waals surface area (Å²) in [7, 11) is -2.23. The minimum Gasteiger partial charge on any atom is -0.408 e. The molecule has 0 fully saturated rings. The van der Waals surface area contributed by atoms with Gasteiger partial charge >= 0.3 is 5.76 Å². The summed E-state index contributed by atoms with van der Waals surface area (Å²) in [6.45, 7) is 0. The van der Waals surface area contributed by atoms with Gasteiger partial charge in [0.2, 0.25) is 0 Å². The zero-order chi connectivity index (χ0) is 15.9. The van der Waals surface area contributed by atoms with Crippen molar-refractivity contribution in [3.05, 3.63) is 52.2 Å². The van der Waals surface area contributed by atoms with Crippen molar-refractivity contribution in [2.75, 3.05) is 4.72 Å². The van der Waals surface area contributed by atoms with Crippen LogP contribution in [0.4, 0.5) is 5.69 Å². The Hall–Kier alpha value is -2.32. The molecule has 0 aliphatic rings. The van der Waals surface area contributed by atoms with Crippen molar-refractivity contribution in [2.24, 2.45) is 7.05 Å². The lowest BCUT2D eigenvalue weighted by molar-refractivity contribution is 0.528. The normalized spacial score (nSPS) is 11.7. The number of hydrogen-bond donors (Lipinski definition) is 1. The van der Waals surface area contributed by atoms with Crippen molar-refractivity contribution < 1.29 is 12.8 Å². The van der Waals surface area contributed by atoms with Crippen LogP contribution >= 0.6 is 11.6 Å². The van der Waals surface area contributed by atoms with Crippen LogP contribution in [0, 0.1) is 0 Å². The molecule has 0 amide bonds. The van der Waals surface area contributed by atoms with Crippen molar-refractivity contribution in [1.29, 1.82) is 0 Å². The van der Waals surface area contributed by atoms with Gasteiger partial charge in [0.05, 0.1) is 11.2 Å². The van der Waals surface area contributed by atoms with E-state index < -0.39 is 15.8 Å². The molecule has 0 aliphatic heterocycles. The van der Waals surface area contributed by atoms with Gasteiger partial charge in [-0.3, -0.25) is 9.29 Å². The SMILES string of the molecule is Cn1c(=O)oc2cc(NS(=O)(=O)c3ccc(Cl)nc3)ccc21. The molecule has 0 unspecified atom stereocenters. The van der Waals surface area contributed by atoms with Gasteiger partial charge in [0.15, 0.2) is 5.58 Å². The first kappa shape index (κ1) is 14.6. The highest BCUT2D eigenvalue weighted by Gasteiger charge is 2.16. The predicted molar refractivity (Wildman–Crippen MR) is 81.5 cm³/mol. The summed E-state index contributed by atoms with van der Waals surface area (Å²) < 4.78 is 33.2. The standard InChI is InChI=1S/C13H10ClN3O4S/c1-17-10-4-2-8(6-11(10)21-13(17)18)16-22(19,20)9-3-5-12(14)15-7-9/h2-7,16H,1H3. The van der Waals surface area contributed by atoms with Gasteiger partial charge in [-0.25, -0.2) is 18.2 Å². The maximum absolute atomic E-state index is 12.2. The van der Waals surface area contributed by atoms with E-state index in [-0.39, 0.29) is 15.7 Å². The van der Waals surface area contributed by atoms with Crippen molar-refractivity contribution in [2.45, 2.75) is 4.90 Å². The largest absolute Gasteiger partial charge is 0.419 e. The summed E-state index contributed by atoms with van der Waals surface area (Å²) in [5, 5.41) is 0.200. The summed E-state index contributed by atoms with van der Waals surface area (Å²) in [4.78, 5) is 15.1. The van der Waals surface area contributed by atoms with Crippen LogP contribution in [0.25, 0.3) is 11.1 Å². The van der Waals surface area contributed by atoms with Crippen LogP contribution in [-0.2, 0) is 17.1 Å². The van der Waals surface area contributed by atoms with E-state index in [1.807, 2.05) is 0 Å². The van der Waals surface area contributed by atoms with E-state index in [1.54, 1.807) is 13.1 Å². The molecule has 0 saturated heterocycles. The number of rotatable bonds is 3. The number of oxazole rings is 1. The highest BCUT2D eigenvalue weighted by Crippen LogP contribution is 2.21. The molecule has 0 atom stereocenters. The van der Waals surface area contributed by atoms with Gasteiger partial charge in [-0.1, -0.05) is 11.6 Å². The minimum absolute atomic E-state index is 0.0217. The van der Waals surface area contributed by atoms with Crippen LogP contribution in [-0.4, -0.2) is 18.0 Å². The fourth-order valence-electron chi connectivity index (χ4n) is 1.93. The average molecular weight is 340 g/mol. The van der Waals surface area contributed by atoms with E-state index in [0.29, 0.717) is 11.1 Å². The molecule has 114 valence electrons. The van der Waals surface area contributed by atoms with E-state index in [4.69, 9.17) is 16.0 Å². The highest BCUT2D eigenvalue weighted by atomic mass is 35.5. The van der Waals surface area contributed by atoms with E-state index in [1.165, 1.54) is 28.8 Å². The molecule has 3 aromatic rings. The fraction of sp³-hybridized carbons (Fsp3) is 0.0769. The number of anilines is 1. The molecule has 22 heavy (non-hydrogen) atoms. The lowest BCUT2D eigenvalue weighted by atomic mass is 10.3. The maximum atomic E-state index is 12.2. The van der Waals surface area contributed by atoms with Gasteiger partial charge in [0, 0.05) is 19.3 Å². The van der Waals surface area contributed by atoms with Crippen LogP contribution in [0.3, 0.4) is 0 Å². The van der Waals surface area contributed by atoms with Crippen LogP contribution in [0.1, 0.15) is 0 Å². The Morgan fingerprint density at radius 2 is 2.05 bits per heavy atom. The first-order valence-corrected chi connectivity index (χ1v) is 7.97. The number of aryl methyl sites for hydroxylation is 1. The summed E-state index contributed by atoms with van der Waals surface area (Å²) in [6.07, 6.45) is 1.16. The van der Waals surface area contributed by atoms with E-state index in [0.717, 1.165) is 6.20 Å². The van der Waals surface area contributed by atoms with Crippen LogP contribution in [0.2, 0.25) is 5.15 Å². The summed E-state index contributed by atoms with van der Waals surface area (Å²) >= 11 is 5.63. The van der Waals surface area contributed by atoms with E-state index >= 15 is 0 Å². The number of hydrogen-bond acceptors (Lipinski definition) is 5. The van der Waals surface area contributed by atoms with Crippen LogP contribution in [0.15, 0.2) is 50.6 Å². The molecule has 2 aromatic heterocycles. The second-order valence-corrected chi connectivity index (χ2v) is 6.60. The summed E-state index contributed by atoms with van der Waals surface area (Å²) in [5.74, 6) is -0.517. The molecule has 9 heteroatoms. The van der Waals surface area contributed by atoms with Gasteiger partial charge in [-0.15, -0.1) is 0 Å². The Morgan fingerprint density at radius 3 is 2.73 bits per heavy atom. The third kappa shape index (κ3) is 2.58. The number of benzene rings is 1. The minimum atomic E-state index is -3.80. The number of fused-ring (bicyclic) bond motifs is 1. The van der Waals surface area contributed by atoms with Crippen molar-refractivity contribution in [3.63, 3.8) is 0 Å². The number of pyridine rings is 1. The molecule has 0 spiro atoms. The van der Waals surface area contributed by atoms with Gasteiger partial charge in [-0.05, 0) is 24.3 Å². The lowest BCUT2D eigenvalue weighted by Gasteiger charge is -2.07. The molecular formula is C13H10ClN3O4S. The summed E-state index contributed by atoms with van der Waals surface area (Å²) in [5.41, 5.74) is 1.14. The van der Waals surface area contributed by atoms with Gasteiger partial charge < -0.3 is 4.42 Å². The van der Waals surface area contributed by atoms with Crippen molar-refractivity contribution in [3.8, 4) is 0 Å². The zero-order valence-corrected chi connectivity index (χ0v) is 12.9. The predicted octanol–water partition coefficient (Wildman–Crippen LogP) is 1.98. The number of nitrogens with one attached hydrogen (secondary N) is 1. The molecule has 1 N–H and O–H groups in total. The number of aromatic nitrogens is 2. The monoisotopic (exact) mass is 339 g/mol. The molecule has 3 rings (SSSR count). The smallest absolute Gasteiger partial charge is 0.408 e. The first-order valence-electron chi connectivity index (χ1n) is 6.11. The number of sulfonamides is 1. The molecule has 1 aromatic carbocycles. The van der Waals surface area contributed by atoms with Gasteiger partial charge in [0.1, 0.15) is 10.0 Å². The molecular weight excluding hydrogens is 330 g/mol. The van der Waals surface area contributed by atoms with Crippen LogP contribution < -0.4 is 10.5 Å². The van der Waals surface area contributed by atoms with Crippen molar-refractivity contribution >= 4 is 38.4 Å². The number of nitrogens with zero attached hydrogens (tertiary/aromatic N) is 2. The van der Waals surface area contributed by atoms with Crippen molar-refractivity contribution in [1.82, 2.24) is 9.55 Å². The molecule has 0 aliphatic carbocycles. The molecule has 2 heterocycles. The second kappa shape index (κ2) is 5.15. The quantitative estimate of drug-likeness (QED) is 0.736. The average Bonchev–Trinajstić information content (AvgIpc) is 2.73. The Kier molecular flexibility index (Phi) is 3.42. The maximum Gasteiger partial charge on any atom is 0.419 e.